The molecule has 2 aromatic rings. The van der Waals surface area contributed by atoms with Crippen molar-refractivity contribution in [1.29, 1.82) is 0 Å². The van der Waals surface area contributed by atoms with E-state index >= 15 is 0 Å². The van der Waals surface area contributed by atoms with E-state index in [1.807, 2.05) is 24.3 Å². The van der Waals surface area contributed by atoms with E-state index in [9.17, 15) is 0 Å². The molecule has 0 amide bonds. The molecule has 1 aromatic carbocycles. The van der Waals surface area contributed by atoms with Crippen molar-refractivity contribution in [3.8, 4) is 0 Å². The highest BCUT2D eigenvalue weighted by molar-refractivity contribution is 6.36. The minimum Gasteiger partial charge on any atom is -0.369 e. The van der Waals surface area contributed by atoms with E-state index in [4.69, 9.17) is 34.8 Å². The van der Waals surface area contributed by atoms with E-state index in [2.05, 4.69) is 20.2 Å². The summed E-state index contributed by atoms with van der Waals surface area (Å²) in [6.45, 7) is 4.21. The molecule has 1 N–H and O–H groups in total. The number of rotatable bonds is 6. The van der Waals surface area contributed by atoms with E-state index in [-0.39, 0.29) is 5.28 Å². The van der Waals surface area contributed by atoms with E-state index in [0.717, 1.165) is 30.2 Å². The zero-order valence-corrected chi connectivity index (χ0v) is 15.5. The first-order valence-electron chi connectivity index (χ1n) is 8.04. The molecule has 128 valence electrons. The third kappa shape index (κ3) is 4.73. The Morgan fingerprint density at radius 1 is 1.04 bits per heavy atom. The Balaban J connectivity index is 1.67. The highest BCUT2D eigenvalue weighted by atomic mass is 35.5. The van der Waals surface area contributed by atoms with Gasteiger partial charge in [-0.2, -0.15) is 0 Å². The molecular formula is C17H19Cl3N4. The molecule has 1 aliphatic rings. The minimum atomic E-state index is 0.222. The number of halogens is 3. The Morgan fingerprint density at radius 2 is 1.75 bits per heavy atom. The number of anilines is 1. The highest BCUT2D eigenvalue weighted by Gasteiger charge is 2.12. The fraction of sp³-hybridized carbons (Fsp3) is 0.412. The molecule has 0 atom stereocenters. The van der Waals surface area contributed by atoms with Crippen molar-refractivity contribution in [2.75, 3.05) is 31.5 Å². The van der Waals surface area contributed by atoms with Gasteiger partial charge >= 0.3 is 0 Å². The van der Waals surface area contributed by atoms with Gasteiger partial charge in [0.25, 0.3) is 0 Å². The van der Waals surface area contributed by atoms with Crippen LogP contribution in [0, 0.1) is 0 Å². The fourth-order valence-corrected chi connectivity index (χ4v) is 3.61. The number of likely N-dealkylation sites (tertiary alicyclic amines) is 1. The number of nitrogens with zero attached hydrogens (tertiary/aromatic N) is 3. The van der Waals surface area contributed by atoms with Gasteiger partial charge in [-0.3, -0.25) is 0 Å². The van der Waals surface area contributed by atoms with E-state index in [0.29, 0.717) is 16.5 Å². The zero-order chi connectivity index (χ0) is 16.9. The van der Waals surface area contributed by atoms with Crippen molar-refractivity contribution in [3.05, 3.63) is 50.9 Å². The van der Waals surface area contributed by atoms with Crippen molar-refractivity contribution < 1.29 is 0 Å². The molecule has 2 heterocycles. The zero-order valence-electron chi connectivity index (χ0n) is 13.2. The Hall–Kier alpha value is -1.07. The SMILES string of the molecule is Clc1nc(Cc2c(Cl)cccc2Cl)cc(NCCN2CCCC2)n1. The molecule has 0 bridgehead atoms. The number of aromatic nitrogens is 2. The van der Waals surface area contributed by atoms with Gasteiger partial charge in [-0.15, -0.1) is 0 Å². The summed E-state index contributed by atoms with van der Waals surface area (Å²) in [5, 5.41) is 4.80. The molecule has 1 fully saturated rings. The molecule has 0 unspecified atom stereocenters. The molecule has 0 aliphatic carbocycles. The van der Waals surface area contributed by atoms with Crippen molar-refractivity contribution in [3.63, 3.8) is 0 Å². The standard InChI is InChI=1S/C17H19Cl3N4/c18-14-4-3-5-15(19)13(14)10-12-11-16(23-17(20)22-12)21-6-9-24-7-1-2-8-24/h3-5,11H,1-2,6-10H2,(H,21,22,23). The second kappa shape index (κ2) is 8.34. The smallest absolute Gasteiger partial charge is 0.224 e. The Morgan fingerprint density at radius 3 is 2.46 bits per heavy atom. The van der Waals surface area contributed by atoms with Crippen LogP contribution in [0.4, 0.5) is 5.82 Å². The maximum absolute atomic E-state index is 6.23. The topological polar surface area (TPSA) is 41.1 Å². The lowest BCUT2D eigenvalue weighted by atomic mass is 10.1. The summed E-state index contributed by atoms with van der Waals surface area (Å²) < 4.78 is 0. The first-order valence-corrected chi connectivity index (χ1v) is 9.18. The fourth-order valence-electron chi connectivity index (χ4n) is 2.88. The van der Waals surface area contributed by atoms with Gasteiger partial charge in [-0.25, -0.2) is 9.97 Å². The summed E-state index contributed by atoms with van der Waals surface area (Å²) >= 11 is 18.5. The lowest BCUT2D eigenvalue weighted by Crippen LogP contribution is -2.26. The molecule has 24 heavy (non-hydrogen) atoms. The van der Waals surface area contributed by atoms with Crippen LogP contribution >= 0.6 is 34.8 Å². The lowest BCUT2D eigenvalue weighted by molar-refractivity contribution is 0.352. The van der Waals surface area contributed by atoms with Crippen LogP contribution in [0.3, 0.4) is 0 Å². The van der Waals surface area contributed by atoms with Crippen molar-refractivity contribution in [2.24, 2.45) is 0 Å². The van der Waals surface area contributed by atoms with Gasteiger partial charge in [0.05, 0.1) is 5.69 Å². The second-order valence-corrected chi connectivity index (χ2v) is 7.02. The summed E-state index contributed by atoms with van der Waals surface area (Å²) in [5.41, 5.74) is 1.63. The predicted octanol–water partition coefficient (Wildman–Crippen LogP) is 4.54. The van der Waals surface area contributed by atoms with E-state index < -0.39 is 0 Å². The summed E-state index contributed by atoms with van der Waals surface area (Å²) in [6.07, 6.45) is 3.10. The Bertz CT molecular complexity index is 682. The minimum absolute atomic E-state index is 0.222. The van der Waals surface area contributed by atoms with Crippen molar-refractivity contribution >= 4 is 40.6 Å². The monoisotopic (exact) mass is 384 g/mol. The number of benzene rings is 1. The molecule has 0 saturated carbocycles. The highest BCUT2D eigenvalue weighted by Crippen LogP contribution is 2.27. The molecule has 4 nitrogen and oxygen atoms in total. The first-order chi connectivity index (χ1) is 11.6. The average molecular weight is 386 g/mol. The molecule has 0 radical (unpaired) electrons. The van der Waals surface area contributed by atoms with Crippen LogP contribution in [0.15, 0.2) is 24.3 Å². The molecule has 3 rings (SSSR count). The largest absolute Gasteiger partial charge is 0.369 e. The quantitative estimate of drug-likeness (QED) is 0.741. The van der Waals surface area contributed by atoms with Crippen LogP contribution in [0.2, 0.25) is 15.3 Å². The summed E-state index contributed by atoms with van der Waals surface area (Å²) in [4.78, 5) is 11.0. The average Bonchev–Trinajstić information content (AvgIpc) is 3.04. The Labute approximate surface area is 157 Å². The number of hydrogen-bond acceptors (Lipinski definition) is 4. The molecule has 1 aromatic heterocycles. The van der Waals surface area contributed by atoms with Crippen LogP contribution in [0.25, 0.3) is 0 Å². The van der Waals surface area contributed by atoms with Gasteiger partial charge in [0.15, 0.2) is 0 Å². The van der Waals surface area contributed by atoms with Gasteiger partial charge in [0, 0.05) is 35.6 Å². The molecule has 1 saturated heterocycles. The van der Waals surface area contributed by atoms with Crippen LogP contribution in [-0.2, 0) is 6.42 Å². The van der Waals surface area contributed by atoms with Crippen LogP contribution < -0.4 is 5.32 Å². The summed E-state index contributed by atoms with van der Waals surface area (Å²) in [6, 6.07) is 7.36. The predicted molar refractivity (Wildman–Crippen MR) is 100 cm³/mol. The van der Waals surface area contributed by atoms with Crippen molar-refractivity contribution in [1.82, 2.24) is 14.9 Å². The maximum atomic E-state index is 6.23. The van der Waals surface area contributed by atoms with Gasteiger partial charge in [-0.05, 0) is 55.2 Å². The molecule has 1 aliphatic heterocycles. The third-order valence-corrected chi connectivity index (χ3v) is 4.98. The van der Waals surface area contributed by atoms with Crippen LogP contribution in [-0.4, -0.2) is 41.0 Å². The lowest BCUT2D eigenvalue weighted by Gasteiger charge is -2.15. The van der Waals surface area contributed by atoms with Gasteiger partial charge in [0.1, 0.15) is 5.82 Å². The van der Waals surface area contributed by atoms with E-state index in [1.54, 1.807) is 0 Å². The van der Waals surface area contributed by atoms with Crippen LogP contribution in [0.1, 0.15) is 24.1 Å². The second-order valence-electron chi connectivity index (χ2n) is 5.87. The van der Waals surface area contributed by atoms with Crippen LogP contribution in [0.5, 0.6) is 0 Å². The third-order valence-electron chi connectivity index (χ3n) is 4.10. The number of nitrogens with one attached hydrogen (secondary N) is 1. The maximum Gasteiger partial charge on any atom is 0.224 e. The normalized spacial score (nSPS) is 15.0. The molecule has 7 heteroatoms. The Kier molecular flexibility index (Phi) is 6.17. The van der Waals surface area contributed by atoms with E-state index in [1.165, 1.54) is 25.9 Å². The summed E-state index contributed by atoms with van der Waals surface area (Å²) in [7, 11) is 0. The number of hydrogen-bond donors (Lipinski definition) is 1. The molecular weight excluding hydrogens is 367 g/mol. The summed E-state index contributed by atoms with van der Waals surface area (Å²) in [5.74, 6) is 0.729. The first kappa shape index (κ1) is 17.7. The van der Waals surface area contributed by atoms with Crippen molar-refractivity contribution in [2.45, 2.75) is 19.3 Å². The van der Waals surface area contributed by atoms with Gasteiger partial charge in [-0.1, -0.05) is 29.3 Å². The van der Waals surface area contributed by atoms with Gasteiger partial charge in [0.2, 0.25) is 5.28 Å². The molecule has 0 spiro atoms. The van der Waals surface area contributed by atoms with Gasteiger partial charge < -0.3 is 10.2 Å².